The first-order valence-corrected chi connectivity index (χ1v) is 7.72. The second-order valence-electron chi connectivity index (χ2n) is 5.78. The number of ether oxygens (including phenoxy) is 1. The van der Waals surface area contributed by atoms with Crippen molar-refractivity contribution >= 4 is 17.2 Å². The first-order valence-electron chi connectivity index (χ1n) is 7.32. The Morgan fingerprint density at radius 3 is 2.60 bits per heavy atom. The highest BCUT2D eigenvalue weighted by Crippen LogP contribution is 2.22. The SMILES string of the molecule is CC1CN(CCCOc2ccccc2C(N)=S)CC1C. The molecule has 2 unspecified atom stereocenters. The number of hydrogen-bond donors (Lipinski definition) is 1. The van der Waals surface area contributed by atoms with E-state index in [2.05, 4.69) is 18.7 Å². The summed E-state index contributed by atoms with van der Waals surface area (Å²) in [5.41, 5.74) is 6.52. The van der Waals surface area contributed by atoms with E-state index < -0.39 is 0 Å². The lowest BCUT2D eigenvalue weighted by molar-refractivity contribution is 0.257. The topological polar surface area (TPSA) is 38.5 Å². The van der Waals surface area contributed by atoms with Crippen LogP contribution in [0, 0.1) is 11.8 Å². The number of thiocarbonyl (C=S) groups is 1. The summed E-state index contributed by atoms with van der Waals surface area (Å²) in [6.07, 6.45) is 1.03. The van der Waals surface area contributed by atoms with Crippen molar-refractivity contribution in [2.24, 2.45) is 17.6 Å². The highest BCUT2D eigenvalue weighted by atomic mass is 32.1. The van der Waals surface area contributed by atoms with Crippen molar-refractivity contribution in [3.63, 3.8) is 0 Å². The molecule has 2 atom stereocenters. The van der Waals surface area contributed by atoms with Gasteiger partial charge < -0.3 is 15.4 Å². The van der Waals surface area contributed by atoms with E-state index in [0.29, 0.717) is 11.6 Å². The normalized spacial score (nSPS) is 22.9. The molecule has 0 saturated carbocycles. The number of para-hydroxylation sites is 1. The van der Waals surface area contributed by atoms with E-state index in [-0.39, 0.29) is 0 Å². The van der Waals surface area contributed by atoms with Crippen molar-refractivity contribution in [2.45, 2.75) is 20.3 Å². The maximum atomic E-state index is 5.82. The molecular weight excluding hydrogens is 268 g/mol. The van der Waals surface area contributed by atoms with Crippen LogP contribution >= 0.6 is 12.2 Å². The largest absolute Gasteiger partial charge is 0.493 e. The van der Waals surface area contributed by atoms with E-state index in [9.17, 15) is 0 Å². The van der Waals surface area contributed by atoms with Gasteiger partial charge in [-0.15, -0.1) is 0 Å². The third-order valence-electron chi connectivity index (χ3n) is 4.09. The molecule has 0 amide bonds. The zero-order valence-electron chi connectivity index (χ0n) is 12.3. The average molecular weight is 292 g/mol. The fraction of sp³-hybridized carbons (Fsp3) is 0.562. The van der Waals surface area contributed by atoms with Crippen LogP contribution in [0.1, 0.15) is 25.8 Å². The summed E-state index contributed by atoms with van der Waals surface area (Å²) >= 11 is 5.03. The first-order chi connectivity index (χ1) is 9.58. The lowest BCUT2D eigenvalue weighted by Gasteiger charge is -2.16. The van der Waals surface area contributed by atoms with Crippen molar-refractivity contribution in [3.8, 4) is 5.75 Å². The van der Waals surface area contributed by atoms with Crippen LogP contribution in [0.5, 0.6) is 5.75 Å². The molecule has 20 heavy (non-hydrogen) atoms. The van der Waals surface area contributed by atoms with Crippen molar-refractivity contribution in [1.82, 2.24) is 4.90 Å². The van der Waals surface area contributed by atoms with Crippen molar-refractivity contribution in [3.05, 3.63) is 29.8 Å². The number of benzene rings is 1. The number of hydrogen-bond acceptors (Lipinski definition) is 3. The molecule has 1 aromatic rings. The minimum Gasteiger partial charge on any atom is -0.493 e. The van der Waals surface area contributed by atoms with Crippen LogP contribution in [-0.4, -0.2) is 36.1 Å². The molecule has 3 nitrogen and oxygen atoms in total. The van der Waals surface area contributed by atoms with Crippen LogP contribution in [0.2, 0.25) is 0 Å². The van der Waals surface area contributed by atoms with Crippen LogP contribution in [0.15, 0.2) is 24.3 Å². The van der Waals surface area contributed by atoms with Gasteiger partial charge in [0.15, 0.2) is 0 Å². The maximum absolute atomic E-state index is 5.82. The van der Waals surface area contributed by atoms with Gasteiger partial charge in [0.05, 0.1) is 12.2 Å². The molecular formula is C16H24N2OS. The van der Waals surface area contributed by atoms with E-state index in [1.54, 1.807) is 0 Å². The predicted molar refractivity (Wildman–Crippen MR) is 87.2 cm³/mol. The Kier molecular flexibility index (Phi) is 5.38. The average Bonchev–Trinajstić information content (AvgIpc) is 2.74. The van der Waals surface area contributed by atoms with E-state index in [0.717, 1.165) is 36.1 Å². The van der Waals surface area contributed by atoms with Crippen molar-refractivity contribution in [2.75, 3.05) is 26.2 Å². The second kappa shape index (κ2) is 7.04. The predicted octanol–water partition coefficient (Wildman–Crippen LogP) is 2.68. The molecule has 0 aliphatic carbocycles. The number of likely N-dealkylation sites (tertiary alicyclic amines) is 1. The number of nitrogens with two attached hydrogens (primary N) is 1. The summed E-state index contributed by atoms with van der Waals surface area (Å²) in [4.78, 5) is 2.92. The van der Waals surface area contributed by atoms with Gasteiger partial charge >= 0.3 is 0 Å². The Bertz CT molecular complexity index is 454. The number of rotatable bonds is 6. The molecule has 1 aromatic carbocycles. The molecule has 2 N–H and O–H groups in total. The maximum Gasteiger partial charge on any atom is 0.129 e. The molecule has 2 rings (SSSR count). The zero-order valence-corrected chi connectivity index (χ0v) is 13.2. The molecule has 1 aliphatic rings. The van der Waals surface area contributed by atoms with Crippen LogP contribution in [0.3, 0.4) is 0 Å². The summed E-state index contributed by atoms with van der Waals surface area (Å²) in [5.74, 6) is 2.42. The Hall–Kier alpha value is -1.13. The van der Waals surface area contributed by atoms with Gasteiger partial charge in [0.25, 0.3) is 0 Å². The van der Waals surface area contributed by atoms with Gasteiger partial charge in [0, 0.05) is 19.6 Å². The molecule has 1 aliphatic heterocycles. The quantitative estimate of drug-likeness (QED) is 0.646. The third kappa shape index (κ3) is 3.93. The number of nitrogens with zero attached hydrogens (tertiary/aromatic N) is 1. The standard InChI is InChI=1S/C16H24N2OS/c1-12-10-18(11-13(12)2)8-5-9-19-15-7-4-3-6-14(15)16(17)20/h3-4,6-7,12-13H,5,8-11H2,1-2H3,(H2,17,20). The Balaban J connectivity index is 1.75. The monoisotopic (exact) mass is 292 g/mol. The van der Waals surface area contributed by atoms with Gasteiger partial charge in [-0.3, -0.25) is 0 Å². The van der Waals surface area contributed by atoms with Gasteiger partial charge in [-0.1, -0.05) is 38.2 Å². The van der Waals surface area contributed by atoms with E-state index >= 15 is 0 Å². The molecule has 110 valence electrons. The van der Waals surface area contributed by atoms with Gasteiger partial charge in [-0.25, -0.2) is 0 Å². The fourth-order valence-electron chi connectivity index (χ4n) is 2.70. The molecule has 1 heterocycles. The zero-order chi connectivity index (χ0) is 14.5. The first kappa shape index (κ1) is 15.3. The highest BCUT2D eigenvalue weighted by Gasteiger charge is 2.25. The highest BCUT2D eigenvalue weighted by molar-refractivity contribution is 7.80. The second-order valence-corrected chi connectivity index (χ2v) is 6.22. The van der Waals surface area contributed by atoms with Crippen molar-refractivity contribution in [1.29, 1.82) is 0 Å². The van der Waals surface area contributed by atoms with E-state index in [1.807, 2.05) is 24.3 Å². The third-order valence-corrected chi connectivity index (χ3v) is 4.31. The molecule has 0 spiro atoms. The van der Waals surface area contributed by atoms with Crippen LogP contribution in [0.4, 0.5) is 0 Å². The van der Waals surface area contributed by atoms with Crippen LogP contribution < -0.4 is 10.5 Å². The minimum absolute atomic E-state index is 0.391. The van der Waals surface area contributed by atoms with Crippen molar-refractivity contribution < 1.29 is 4.74 Å². The van der Waals surface area contributed by atoms with Crippen LogP contribution in [0.25, 0.3) is 0 Å². The summed E-state index contributed by atoms with van der Waals surface area (Å²) in [6.45, 7) is 8.90. The molecule has 1 fully saturated rings. The molecule has 1 saturated heterocycles. The van der Waals surface area contributed by atoms with Gasteiger partial charge in [0.2, 0.25) is 0 Å². The van der Waals surface area contributed by atoms with Gasteiger partial charge in [-0.05, 0) is 30.4 Å². The Labute approximate surface area is 127 Å². The summed E-state index contributed by atoms with van der Waals surface area (Å²) in [6, 6.07) is 7.70. The van der Waals surface area contributed by atoms with E-state index in [4.69, 9.17) is 22.7 Å². The lowest BCUT2D eigenvalue weighted by atomic mass is 10.0. The fourth-order valence-corrected chi connectivity index (χ4v) is 2.87. The lowest BCUT2D eigenvalue weighted by Crippen LogP contribution is -2.23. The summed E-state index contributed by atoms with van der Waals surface area (Å²) in [7, 11) is 0. The molecule has 4 heteroatoms. The molecule has 0 radical (unpaired) electrons. The smallest absolute Gasteiger partial charge is 0.129 e. The molecule has 0 aromatic heterocycles. The summed E-state index contributed by atoms with van der Waals surface area (Å²) in [5, 5.41) is 0. The van der Waals surface area contributed by atoms with E-state index in [1.165, 1.54) is 13.1 Å². The Morgan fingerprint density at radius 2 is 1.95 bits per heavy atom. The molecule has 0 bridgehead atoms. The summed E-state index contributed by atoms with van der Waals surface area (Å²) < 4.78 is 5.82. The van der Waals surface area contributed by atoms with Gasteiger partial charge in [0.1, 0.15) is 10.7 Å². The Morgan fingerprint density at radius 1 is 1.30 bits per heavy atom. The minimum atomic E-state index is 0.391. The van der Waals surface area contributed by atoms with Crippen LogP contribution in [-0.2, 0) is 0 Å². The van der Waals surface area contributed by atoms with Gasteiger partial charge in [-0.2, -0.15) is 0 Å².